The molecule has 0 spiro atoms. The minimum Gasteiger partial charge on any atom is -0.394 e. The zero-order chi connectivity index (χ0) is 21.2. The average Bonchev–Trinajstić information content (AvgIpc) is 2.64. The molecule has 5 atom stereocenters. The van der Waals surface area contributed by atoms with Gasteiger partial charge in [0, 0.05) is 13.0 Å². The predicted molar refractivity (Wildman–Crippen MR) is 89.9 cm³/mol. The maximum atomic E-state index is 11.9. The van der Waals surface area contributed by atoms with Crippen LogP contribution < -0.4 is 10.9 Å². The monoisotopic (exact) mass is 402 g/mol. The summed E-state index contributed by atoms with van der Waals surface area (Å²) in [5.41, 5.74) is 3.02. The summed E-state index contributed by atoms with van der Waals surface area (Å²) in [6.45, 7) is 0.129. The Hall–Kier alpha value is -2.75. The lowest BCUT2D eigenvalue weighted by Crippen LogP contribution is -2.72. The molecule has 6 N–H and O–H groups in total. The van der Waals surface area contributed by atoms with Gasteiger partial charge in [0.1, 0.15) is 30.0 Å². The van der Waals surface area contributed by atoms with Gasteiger partial charge in [-0.2, -0.15) is 0 Å². The third-order valence-electron chi connectivity index (χ3n) is 4.26. The van der Waals surface area contributed by atoms with E-state index in [0.717, 1.165) is 19.1 Å². The van der Waals surface area contributed by atoms with E-state index < -0.39 is 63.8 Å². The molecule has 2 rings (SSSR count). The fourth-order valence-corrected chi connectivity index (χ4v) is 2.70. The first-order valence-corrected chi connectivity index (χ1v) is 7.85. The zero-order valence-corrected chi connectivity index (χ0v) is 14.4. The summed E-state index contributed by atoms with van der Waals surface area (Å²) in [7, 11) is 0. The Morgan fingerprint density at radius 1 is 1.25 bits per heavy atom. The second-order valence-electron chi connectivity index (χ2n) is 6.04. The smallest absolute Gasteiger partial charge is 0.300 e. The molecule has 1 fully saturated rings. The van der Waals surface area contributed by atoms with Gasteiger partial charge in [0.05, 0.1) is 22.5 Å². The number of anilines is 1. The molecule has 28 heavy (non-hydrogen) atoms. The number of nitrogens with zero attached hydrogens (tertiary/aromatic N) is 2. The van der Waals surface area contributed by atoms with Gasteiger partial charge in [-0.15, -0.1) is 0 Å². The standard InChI is InChI=1S/C14H18N4O10/c1-6(20)14(23)13(12(22)11(21)10(5-19)28-14)16-15-8-3-2-7(17(24)25)4-9(8)18(26)27/h2-4,10-13,15-16,19,21-23H,5H2,1H3/t10-,11+,12+,13-,14?/m1/s1. The van der Waals surface area contributed by atoms with Crippen LogP contribution in [0, 0.1) is 20.2 Å². The molecule has 0 radical (unpaired) electrons. The molecule has 1 aromatic carbocycles. The van der Waals surface area contributed by atoms with Crippen LogP contribution >= 0.6 is 0 Å². The van der Waals surface area contributed by atoms with Gasteiger partial charge in [0.2, 0.25) is 5.79 Å². The third-order valence-corrected chi connectivity index (χ3v) is 4.26. The van der Waals surface area contributed by atoms with Gasteiger partial charge in [0.15, 0.2) is 5.78 Å². The molecule has 1 aromatic rings. The maximum Gasteiger partial charge on any atom is 0.300 e. The number of aliphatic hydroxyl groups excluding tert-OH is 3. The summed E-state index contributed by atoms with van der Waals surface area (Å²) in [4.78, 5) is 32.0. The molecule has 0 aliphatic carbocycles. The lowest BCUT2D eigenvalue weighted by Gasteiger charge is -2.46. The summed E-state index contributed by atoms with van der Waals surface area (Å²) in [5, 5.41) is 61.8. The number of carbonyl (C=O) groups is 1. The number of hydrogen-bond donors (Lipinski definition) is 6. The molecule has 1 saturated heterocycles. The first-order valence-electron chi connectivity index (χ1n) is 7.85. The van der Waals surface area contributed by atoms with Gasteiger partial charge in [0.25, 0.3) is 5.69 Å². The molecule has 0 aromatic heterocycles. The van der Waals surface area contributed by atoms with Gasteiger partial charge in [-0.3, -0.25) is 25.0 Å². The molecular formula is C14H18N4O10. The van der Waals surface area contributed by atoms with Crippen LogP contribution in [0.1, 0.15) is 6.92 Å². The number of hydrogen-bond acceptors (Lipinski definition) is 12. The number of non-ortho nitro benzene ring substituents is 1. The number of benzene rings is 1. The van der Waals surface area contributed by atoms with Crippen molar-refractivity contribution >= 4 is 22.8 Å². The van der Waals surface area contributed by atoms with Crippen LogP contribution in [0.4, 0.5) is 17.1 Å². The Morgan fingerprint density at radius 2 is 1.89 bits per heavy atom. The first kappa shape index (κ1) is 21.5. The molecular weight excluding hydrogens is 384 g/mol. The van der Waals surface area contributed by atoms with Crippen LogP contribution in [0.15, 0.2) is 18.2 Å². The molecule has 154 valence electrons. The van der Waals surface area contributed by atoms with Gasteiger partial charge >= 0.3 is 5.69 Å². The van der Waals surface area contributed by atoms with E-state index in [-0.39, 0.29) is 5.69 Å². The largest absolute Gasteiger partial charge is 0.394 e. The van der Waals surface area contributed by atoms with E-state index in [4.69, 9.17) is 4.74 Å². The third kappa shape index (κ3) is 3.91. The Balaban J connectivity index is 2.32. The van der Waals surface area contributed by atoms with Crippen LogP contribution in [0.25, 0.3) is 0 Å². The van der Waals surface area contributed by atoms with Crippen molar-refractivity contribution in [1.82, 2.24) is 5.43 Å². The van der Waals surface area contributed by atoms with E-state index in [9.17, 15) is 45.4 Å². The van der Waals surface area contributed by atoms with Gasteiger partial charge in [-0.25, -0.2) is 5.43 Å². The van der Waals surface area contributed by atoms with Crippen LogP contribution in [0.3, 0.4) is 0 Å². The minimum absolute atomic E-state index is 0.285. The molecule has 1 unspecified atom stereocenters. The van der Waals surface area contributed by atoms with E-state index in [1.807, 2.05) is 0 Å². The molecule has 1 heterocycles. The van der Waals surface area contributed by atoms with Gasteiger partial charge in [-0.1, -0.05) is 0 Å². The number of aliphatic hydroxyl groups is 4. The molecule has 1 aliphatic heterocycles. The first-order chi connectivity index (χ1) is 13.0. The molecule has 0 bridgehead atoms. The highest BCUT2D eigenvalue weighted by Gasteiger charge is 2.56. The van der Waals surface area contributed by atoms with E-state index in [0.29, 0.717) is 6.07 Å². The van der Waals surface area contributed by atoms with Crippen LogP contribution in [-0.2, 0) is 9.53 Å². The predicted octanol–water partition coefficient (Wildman–Crippen LogP) is -1.82. The number of ether oxygens (including phenoxy) is 1. The average molecular weight is 402 g/mol. The number of Topliss-reactive ketones (excluding diaryl/α,β-unsaturated/α-hetero) is 1. The van der Waals surface area contributed by atoms with Crippen molar-refractivity contribution in [3.63, 3.8) is 0 Å². The summed E-state index contributed by atoms with van der Waals surface area (Å²) in [5.74, 6) is -3.66. The maximum absolute atomic E-state index is 11.9. The van der Waals surface area contributed by atoms with Crippen LogP contribution in [0.2, 0.25) is 0 Å². The second kappa shape index (κ2) is 8.09. The Kier molecular flexibility index (Phi) is 6.23. The van der Waals surface area contributed by atoms with Crippen molar-refractivity contribution < 1.29 is 39.8 Å². The number of carbonyl (C=O) groups excluding carboxylic acids is 1. The van der Waals surface area contributed by atoms with E-state index >= 15 is 0 Å². The van der Waals surface area contributed by atoms with Gasteiger partial charge < -0.3 is 30.6 Å². The summed E-state index contributed by atoms with van der Waals surface area (Å²) in [6, 6.07) is 0.946. The number of nitrogens with one attached hydrogen (secondary N) is 2. The second-order valence-corrected chi connectivity index (χ2v) is 6.04. The quantitative estimate of drug-likeness (QED) is 0.219. The van der Waals surface area contributed by atoms with Crippen molar-refractivity contribution in [1.29, 1.82) is 0 Å². The van der Waals surface area contributed by atoms with Gasteiger partial charge in [-0.05, 0) is 6.07 Å². The van der Waals surface area contributed by atoms with Crippen LogP contribution in [-0.4, -0.2) is 72.8 Å². The summed E-state index contributed by atoms with van der Waals surface area (Å²) >= 11 is 0. The number of ketones is 1. The Bertz CT molecular complexity index is 789. The zero-order valence-electron chi connectivity index (χ0n) is 14.4. The lowest BCUT2D eigenvalue weighted by molar-refractivity contribution is -0.393. The molecule has 14 heteroatoms. The lowest BCUT2D eigenvalue weighted by atomic mass is 9.88. The highest BCUT2D eigenvalue weighted by atomic mass is 16.7. The molecule has 0 saturated carbocycles. The van der Waals surface area contributed by atoms with E-state index in [2.05, 4.69) is 10.9 Å². The van der Waals surface area contributed by atoms with Crippen molar-refractivity contribution in [2.45, 2.75) is 37.1 Å². The fourth-order valence-electron chi connectivity index (χ4n) is 2.70. The topological polar surface area (TPSA) is 218 Å². The highest BCUT2D eigenvalue weighted by Crippen LogP contribution is 2.31. The van der Waals surface area contributed by atoms with E-state index in [1.54, 1.807) is 0 Å². The molecule has 14 nitrogen and oxygen atoms in total. The Labute approximate surface area is 156 Å². The summed E-state index contributed by atoms with van der Waals surface area (Å²) in [6.07, 6.45) is -4.99. The molecule has 1 aliphatic rings. The van der Waals surface area contributed by atoms with Crippen molar-refractivity contribution in [2.75, 3.05) is 12.0 Å². The number of nitro benzene ring substituents is 2. The Morgan fingerprint density at radius 3 is 2.39 bits per heavy atom. The van der Waals surface area contributed by atoms with Crippen molar-refractivity contribution in [2.24, 2.45) is 0 Å². The van der Waals surface area contributed by atoms with Crippen LogP contribution in [0.5, 0.6) is 0 Å². The minimum atomic E-state index is -2.69. The van der Waals surface area contributed by atoms with E-state index in [1.165, 1.54) is 0 Å². The summed E-state index contributed by atoms with van der Waals surface area (Å²) < 4.78 is 5.02. The number of nitro groups is 2. The molecule has 0 amide bonds. The van der Waals surface area contributed by atoms with Crippen molar-refractivity contribution in [3.8, 4) is 0 Å². The fraction of sp³-hybridized carbons (Fsp3) is 0.500. The van der Waals surface area contributed by atoms with Crippen molar-refractivity contribution in [3.05, 3.63) is 38.4 Å². The normalized spacial score (nSPS) is 29.9. The SMILES string of the molecule is CC(=O)C1(O)O[C@H](CO)[C@H](O)[C@H](O)[C@H]1NNc1ccc([N+](=O)[O-])cc1[N+](=O)[O-]. The number of rotatable bonds is 7. The number of hydrazine groups is 1. The highest BCUT2D eigenvalue weighted by molar-refractivity contribution is 5.84.